The van der Waals surface area contributed by atoms with Crippen LogP contribution in [0.1, 0.15) is 38.5 Å². The van der Waals surface area contributed by atoms with Gasteiger partial charge in [0.05, 0.1) is 5.75 Å². The third-order valence-corrected chi connectivity index (χ3v) is 6.70. The molecule has 1 heterocycles. The Kier molecular flexibility index (Phi) is 3.95. The van der Waals surface area contributed by atoms with Crippen LogP contribution >= 0.6 is 11.8 Å². The molecule has 1 aromatic heterocycles. The van der Waals surface area contributed by atoms with Crippen molar-refractivity contribution < 1.29 is 4.79 Å². The second kappa shape index (κ2) is 5.96. The van der Waals surface area contributed by atoms with Crippen LogP contribution in [-0.4, -0.2) is 28.2 Å². The summed E-state index contributed by atoms with van der Waals surface area (Å²) in [7, 11) is 0. The summed E-state index contributed by atoms with van der Waals surface area (Å²) in [5.74, 6) is 3.07. The molecule has 0 unspecified atom stereocenters. The van der Waals surface area contributed by atoms with E-state index in [2.05, 4.69) is 15.3 Å². The lowest BCUT2D eigenvalue weighted by atomic mass is 9.49. The van der Waals surface area contributed by atoms with Crippen molar-refractivity contribution in [2.24, 2.45) is 23.2 Å². The monoisotopic (exact) mass is 333 g/mol. The molecule has 0 saturated heterocycles. The molecule has 4 aliphatic rings. The molecule has 4 fully saturated rings. The number of aromatic amines is 1. The highest BCUT2D eigenvalue weighted by molar-refractivity contribution is 7.99. The highest BCUT2D eigenvalue weighted by Crippen LogP contribution is 2.59. The first kappa shape index (κ1) is 15.2. The lowest BCUT2D eigenvalue weighted by Gasteiger charge is -2.56. The predicted octanol–water partition coefficient (Wildman–Crippen LogP) is 2.19. The molecule has 4 saturated carbocycles. The van der Waals surface area contributed by atoms with Crippen LogP contribution < -0.4 is 10.9 Å². The third-order valence-electron chi connectivity index (χ3n) is 5.81. The van der Waals surface area contributed by atoms with Crippen LogP contribution in [-0.2, 0) is 4.79 Å². The van der Waals surface area contributed by atoms with E-state index >= 15 is 0 Å². The summed E-state index contributed by atoms with van der Waals surface area (Å²) in [5.41, 5.74) is 0.186. The maximum atomic E-state index is 12.1. The number of aromatic nitrogens is 2. The Morgan fingerprint density at radius 1 is 1.26 bits per heavy atom. The maximum Gasteiger partial charge on any atom is 0.251 e. The molecule has 2 N–H and O–H groups in total. The molecule has 5 rings (SSSR count). The van der Waals surface area contributed by atoms with Gasteiger partial charge < -0.3 is 10.3 Å². The number of carbonyl (C=O) groups excluding carboxylic acids is 1. The molecular weight excluding hydrogens is 310 g/mol. The van der Waals surface area contributed by atoms with Gasteiger partial charge in [-0.05, 0) is 61.7 Å². The average molecular weight is 333 g/mol. The van der Waals surface area contributed by atoms with E-state index in [-0.39, 0.29) is 11.5 Å². The molecule has 0 atom stereocenters. The molecule has 23 heavy (non-hydrogen) atoms. The molecular formula is C17H23N3O2S. The highest BCUT2D eigenvalue weighted by atomic mass is 32.2. The third kappa shape index (κ3) is 3.32. The summed E-state index contributed by atoms with van der Waals surface area (Å²) in [5, 5.41) is 3.65. The van der Waals surface area contributed by atoms with Crippen molar-refractivity contribution in [2.75, 3.05) is 12.3 Å². The largest absolute Gasteiger partial charge is 0.355 e. The molecule has 0 aliphatic heterocycles. The number of hydrogen-bond acceptors (Lipinski definition) is 4. The average Bonchev–Trinajstić information content (AvgIpc) is 2.50. The minimum Gasteiger partial charge on any atom is -0.355 e. The van der Waals surface area contributed by atoms with E-state index in [0.717, 1.165) is 24.3 Å². The zero-order valence-corrected chi connectivity index (χ0v) is 14.0. The van der Waals surface area contributed by atoms with Crippen LogP contribution in [0.5, 0.6) is 0 Å². The van der Waals surface area contributed by atoms with E-state index in [4.69, 9.17) is 0 Å². The number of H-pyrrole nitrogens is 1. The number of amides is 1. The van der Waals surface area contributed by atoms with Crippen molar-refractivity contribution in [1.29, 1.82) is 0 Å². The van der Waals surface area contributed by atoms with Crippen LogP contribution in [0.2, 0.25) is 0 Å². The van der Waals surface area contributed by atoms with Crippen molar-refractivity contribution in [2.45, 2.75) is 43.7 Å². The van der Waals surface area contributed by atoms with Crippen molar-refractivity contribution in [3.05, 3.63) is 22.6 Å². The Labute approximate surface area is 140 Å². The first-order valence-corrected chi connectivity index (χ1v) is 9.54. The maximum absolute atomic E-state index is 12.1. The number of thioether (sulfide) groups is 1. The van der Waals surface area contributed by atoms with Gasteiger partial charge in [0.2, 0.25) is 5.91 Å². The van der Waals surface area contributed by atoms with Gasteiger partial charge >= 0.3 is 0 Å². The van der Waals surface area contributed by atoms with Gasteiger partial charge in [0.1, 0.15) is 0 Å². The van der Waals surface area contributed by atoms with Crippen molar-refractivity contribution >= 4 is 17.7 Å². The molecule has 0 aromatic carbocycles. The van der Waals surface area contributed by atoms with E-state index in [1.165, 1.54) is 62.6 Å². The number of rotatable bonds is 5. The summed E-state index contributed by atoms with van der Waals surface area (Å²) >= 11 is 1.28. The van der Waals surface area contributed by atoms with Crippen molar-refractivity contribution in [3.63, 3.8) is 0 Å². The van der Waals surface area contributed by atoms with Gasteiger partial charge in [-0.3, -0.25) is 9.59 Å². The lowest BCUT2D eigenvalue weighted by molar-refractivity contribution is -0.120. The van der Waals surface area contributed by atoms with Gasteiger partial charge in [-0.15, -0.1) is 0 Å². The summed E-state index contributed by atoms with van der Waals surface area (Å²) in [4.78, 5) is 30.0. The van der Waals surface area contributed by atoms with Gasteiger partial charge in [0, 0.05) is 18.8 Å². The Balaban J connectivity index is 1.29. The number of carbonyl (C=O) groups is 1. The normalized spacial score (nSPS) is 34.5. The van der Waals surface area contributed by atoms with Crippen molar-refractivity contribution in [1.82, 2.24) is 15.3 Å². The van der Waals surface area contributed by atoms with E-state index in [9.17, 15) is 9.59 Å². The van der Waals surface area contributed by atoms with E-state index in [0.29, 0.717) is 16.3 Å². The standard InChI is InChI=1S/C17H23N3O2S/c21-14-1-2-18-16(20-14)23-9-15(22)19-10-17-6-11-3-12(7-17)5-13(4-11)8-17/h1-2,11-13H,3-10H2,(H,19,22)(H,18,20,21). The number of hydrogen-bond donors (Lipinski definition) is 2. The Morgan fingerprint density at radius 2 is 1.91 bits per heavy atom. The Hall–Kier alpha value is -1.30. The smallest absolute Gasteiger partial charge is 0.251 e. The van der Waals surface area contributed by atoms with E-state index in [1.807, 2.05) is 0 Å². The summed E-state index contributed by atoms with van der Waals surface area (Å²) < 4.78 is 0. The summed E-state index contributed by atoms with van der Waals surface area (Å²) in [6, 6.07) is 1.37. The van der Waals surface area contributed by atoms with E-state index < -0.39 is 0 Å². The van der Waals surface area contributed by atoms with Gasteiger partial charge in [-0.1, -0.05) is 11.8 Å². The second-order valence-corrected chi connectivity index (χ2v) is 8.69. The first-order chi connectivity index (χ1) is 11.1. The minimum absolute atomic E-state index is 0.0391. The fourth-order valence-electron chi connectivity index (χ4n) is 5.40. The zero-order chi connectivity index (χ0) is 15.9. The van der Waals surface area contributed by atoms with Crippen LogP contribution in [0.3, 0.4) is 0 Å². The lowest BCUT2D eigenvalue weighted by Crippen LogP contribution is -2.51. The predicted molar refractivity (Wildman–Crippen MR) is 89.2 cm³/mol. The van der Waals surface area contributed by atoms with Crippen LogP contribution in [0.4, 0.5) is 0 Å². The number of nitrogens with zero attached hydrogens (tertiary/aromatic N) is 1. The van der Waals surface area contributed by atoms with E-state index in [1.54, 1.807) is 0 Å². The number of nitrogens with one attached hydrogen (secondary N) is 2. The fraction of sp³-hybridized carbons (Fsp3) is 0.706. The Bertz CT molecular complexity index is 622. The van der Waals surface area contributed by atoms with Gasteiger partial charge in [-0.25, -0.2) is 4.98 Å². The molecule has 124 valence electrons. The van der Waals surface area contributed by atoms with Gasteiger partial charge in [-0.2, -0.15) is 0 Å². The zero-order valence-electron chi connectivity index (χ0n) is 13.2. The molecule has 6 heteroatoms. The minimum atomic E-state index is -0.184. The highest BCUT2D eigenvalue weighted by Gasteiger charge is 2.50. The van der Waals surface area contributed by atoms with Gasteiger partial charge in [0.15, 0.2) is 5.16 Å². The molecule has 0 spiro atoms. The van der Waals surface area contributed by atoms with Crippen LogP contribution in [0, 0.1) is 23.2 Å². The first-order valence-electron chi connectivity index (χ1n) is 8.55. The molecule has 1 amide bonds. The quantitative estimate of drug-likeness (QED) is 0.640. The Morgan fingerprint density at radius 3 is 2.52 bits per heavy atom. The molecule has 5 nitrogen and oxygen atoms in total. The molecule has 4 bridgehead atoms. The van der Waals surface area contributed by atoms with Crippen molar-refractivity contribution in [3.8, 4) is 0 Å². The molecule has 4 aliphatic carbocycles. The summed E-state index contributed by atoms with van der Waals surface area (Å²) in [6.45, 7) is 0.828. The van der Waals surface area contributed by atoms with Crippen LogP contribution in [0.15, 0.2) is 22.2 Å². The topological polar surface area (TPSA) is 74.8 Å². The van der Waals surface area contributed by atoms with Crippen LogP contribution in [0.25, 0.3) is 0 Å². The SMILES string of the molecule is O=C(CSc1nccc(=O)[nH]1)NCC12CC3CC(CC(C3)C1)C2. The second-order valence-electron chi connectivity index (χ2n) is 7.72. The summed E-state index contributed by atoms with van der Waals surface area (Å²) in [6.07, 6.45) is 9.66. The fourth-order valence-corrected chi connectivity index (χ4v) is 6.08. The molecule has 0 radical (unpaired) electrons. The molecule has 1 aromatic rings. The van der Waals surface area contributed by atoms with Gasteiger partial charge in [0.25, 0.3) is 5.56 Å².